The van der Waals surface area contributed by atoms with E-state index in [1.165, 1.54) is 12.8 Å². The molecular weight excluding hydrogens is 300 g/mol. The van der Waals surface area contributed by atoms with Gasteiger partial charge in [0.2, 0.25) is 0 Å². The van der Waals surface area contributed by atoms with Crippen molar-refractivity contribution < 1.29 is 4.79 Å². The van der Waals surface area contributed by atoms with Gasteiger partial charge in [-0.3, -0.25) is 4.79 Å². The van der Waals surface area contributed by atoms with Gasteiger partial charge in [-0.05, 0) is 49.7 Å². The molecule has 2 heterocycles. The predicted molar refractivity (Wildman–Crippen MR) is 91.5 cm³/mol. The van der Waals surface area contributed by atoms with Crippen LogP contribution in [0, 0.1) is 11.8 Å². The lowest BCUT2D eigenvalue weighted by atomic mass is 9.93. The number of benzene rings is 1. The summed E-state index contributed by atoms with van der Waals surface area (Å²) in [5.41, 5.74) is 0.792. The van der Waals surface area contributed by atoms with Crippen LogP contribution in [-0.4, -0.2) is 38.7 Å². The normalized spacial score (nSPS) is 18.8. The number of amides is 1. The van der Waals surface area contributed by atoms with Gasteiger partial charge in [-0.25, -0.2) is 0 Å². The molecule has 5 nitrogen and oxygen atoms in total. The summed E-state index contributed by atoms with van der Waals surface area (Å²) in [6.45, 7) is 2.76. The Morgan fingerprint density at radius 2 is 1.79 bits per heavy atom. The largest absolute Gasteiger partial charge is 0.339 e. The molecule has 0 bridgehead atoms. The smallest absolute Gasteiger partial charge is 0.253 e. The molecule has 126 valence electrons. The summed E-state index contributed by atoms with van der Waals surface area (Å²) in [5.74, 6) is 2.72. The van der Waals surface area contributed by atoms with E-state index in [1.807, 2.05) is 41.6 Å². The average molecular weight is 324 g/mol. The second-order valence-electron chi connectivity index (χ2n) is 7.15. The Morgan fingerprint density at radius 1 is 1.04 bits per heavy atom. The number of hydrogen-bond donors (Lipinski definition) is 0. The van der Waals surface area contributed by atoms with Gasteiger partial charge in [-0.2, -0.15) is 0 Å². The van der Waals surface area contributed by atoms with Crippen LogP contribution in [0.5, 0.6) is 0 Å². The van der Waals surface area contributed by atoms with E-state index in [0.717, 1.165) is 56.2 Å². The first-order chi connectivity index (χ1) is 11.8. The van der Waals surface area contributed by atoms with Crippen molar-refractivity contribution in [2.75, 3.05) is 13.1 Å². The molecule has 4 rings (SSSR count). The number of likely N-dealkylation sites (tertiary alicyclic amines) is 1. The predicted octanol–water partition coefficient (Wildman–Crippen LogP) is 2.78. The average Bonchev–Trinajstić information content (AvgIpc) is 3.35. The van der Waals surface area contributed by atoms with Gasteiger partial charge in [0, 0.05) is 31.6 Å². The molecule has 24 heavy (non-hydrogen) atoms. The van der Waals surface area contributed by atoms with Crippen molar-refractivity contribution in [3.05, 3.63) is 48.0 Å². The first-order valence-corrected chi connectivity index (χ1v) is 9.00. The SMILES string of the molecule is O=C(c1ccccc1)N1CCC(Cc2nncn2CC2CC2)CC1. The lowest BCUT2D eigenvalue weighted by molar-refractivity contribution is 0.0689. The van der Waals surface area contributed by atoms with Crippen LogP contribution >= 0.6 is 0 Å². The van der Waals surface area contributed by atoms with Crippen LogP contribution in [0.3, 0.4) is 0 Å². The lowest BCUT2D eigenvalue weighted by Gasteiger charge is -2.32. The van der Waals surface area contributed by atoms with Gasteiger partial charge in [-0.1, -0.05) is 18.2 Å². The highest BCUT2D eigenvalue weighted by Crippen LogP contribution is 2.31. The Labute approximate surface area is 142 Å². The molecule has 1 aliphatic heterocycles. The first kappa shape index (κ1) is 15.4. The fourth-order valence-corrected chi connectivity index (χ4v) is 3.53. The van der Waals surface area contributed by atoms with Crippen LogP contribution in [-0.2, 0) is 13.0 Å². The zero-order valence-electron chi connectivity index (χ0n) is 14.0. The molecule has 0 atom stereocenters. The van der Waals surface area contributed by atoms with E-state index >= 15 is 0 Å². The highest BCUT2D eigenvalue weighted by molar-refractivity contribution is 5.94. The molecule has 5 heteroatoms. The van der Waals surface area contributed by atoms with Gasteiger partial charge in [-0.15, -0.1) is 10.2 Å². The highest BCUT2D eigenvalue weighted by atomic mass is 16.2. The summed E-state index contributed by atoms with van der Waals surface area (Å²) in [6.07, 6.45) is 7.65. The Balaban J connectivity index is 1.31. The molecule has 1 aromatic heterocycles. The number of aromatic nitrogens is 3. The number of carbonyl (C=O) groups is 1. The molecule has 1 saturated carbocycles. The lowest BCUT2D eigenvalue weighted by Crippen LogP contribution is -2.39. The topological polar surface area (TPSA) is 51.0 Å². The molecule has 0 spiro atoms. The van der Waals surface area contributed by atoms with Crippen molar-refractivity contribution in [2.24, 2.45) is 11.8 Å². The second-order valence-corrected chi connectivity index (χ2v) is 7.15. The van der Waals surface area contributed by atoms with Crippen LogP contribution in [0.1, 0.15) is 41.9 Å². The quantitative estimate of drug-likeness (QED) is 0.850. The zero-order valence-corrected chi connectivity index (χ0v) is 14.0. The van der Waals surface area contributed by atoms with Crippen molar-refractivity contribution in [3.63, 3.8) is 0 Å². The van der Waals surface area contributed by atoms with Crippen LogP contribution in [0.2, 0.25) is 0 Å². The Morgan fingerprint density at radius 3 is 2.50 bits per heavy atom. The maximum Gasteiger partial charge on any atom is 0.253 e. The van der Waals surface area contributed by atoms with Gasteiger partial charge in [0.25, 0.3) is 5.91 Å². The van der Waals surface area contributed by atoms with E-state index < -0.39 is 0 Å². The molecular formula is C19H24N4O. The summed E-state index contributed by atoms with van der Waals surface area (Å²) < 4.78 is 2.24. The molecule has 2 fully saturated rings. The van der Waals surface area contributed by atoms with Gasteiger partial charge >= 0.3 is 0 Å². The van der Waals surface area contributed by atoms with E-state index in [0.29, 0.717) is 5.92 Å². The molecule has 1 amide bonds. The molecule has 2 aliphatic rings. The summed E-state index contributed by atoms with van der Waals surface area (Å²) in [4.78, 5) is 14.5. The Hall–Kier alpha value is -2.17. The van der Waals surface area contributed by atoms with E-state index in [-0.39, 0.29) is 5.91 Å². The number of hydrogen-bond acceptors (Lipinski definition) is 3. The van der Waals surface area contributed by atoms with Gasteiger partial charge in [0.05, 0.1) is 0 Å². The minimum atomic E-state index is 0.158. The third-order valence-corrected chi connectivity index (χ3v) is 5.24. The minimum absolute atomic E-state index is 0.158. The van der Waals surface area contributed by atoms with Crippen LogP contribution in [0.4, 0.5) is 0 Å². The minimum Gasteiger partial charge on any atom is -0.339 e. The zero-order chi connectivity index (χ0) is 16.4. The molecule has 1 saturated heterocycles. The fraction of sp³-hybridized carbons (Fsp3) is 0.526. The molecule has 0 unspecified atom stereocenters. The Kier molecular flexibility index (Phi) is 4.32. The van der Waals surface area contributed by atoms with Crippen molar-refractivity contribution in [1.82, 2.24) is 19.7 Å². The molecule has 1 aromatic carbocycles. The summed E-state index contributed by atoms with van der Waals surface area (Å²) in [5, 5.41) is 8.43. The van der Waals surface area contributed by atoms with Crippen molar-refractivity contribution in [3.8, 4) is 0 Å². The number of rotatable bonds is 5. The maximum atomic E-state index is 12.5. The molecule has 2 aromatic rings. The number of carbonyl (C=O) groups excluding carboxylic acids is 1. The summed E-state index contributed by atoms with van der Waals surface area (Å²) in [6, 6.07) is 9.59. The monoisotopic (exact) mass is 324 g/mol. The van der Waals surface area contributed by atoms with E-state index in [4.69, 9.17) is 0 Å². The van der Waals surface area contributed by atoms with Crippen LogP contribution in [0.15, 0.2) is 36.7 Å². The molecule has 1 aliphatic carbocycles. The van der Waals surface area contributed by atoms with Crippen molar-refractivity contribution >= 4 is 5.91 Å². The van der Waals surface area contributed by atoms with Crippen LogP contribution in [0.25, 0.3) is 0 Å². The first-order valence-electron chi connectivity index (χ1n) is 9.00. The van der Waals surface area contributed by atoms with Crippen molar-refractivity contribution in [1.29, 1.82) is 0 Å². The molecule has 0 N–H and O–H groups in total. The fourth-order valence-electron chi connectivity index (χ4n) is 3.53. The van der Waals surface area contributed by atoms with Gasteiger partial charge in [0.1, 0.15) is 12.2 Å². The Bertz CT molecular complexity index is 684. The van der Waals surface area contributed by atoms with Crippen molar-refractivity contribution in [2.45, 2.75) is 38.6 Å². The van der Waals surface area contributed by atoms with Crippen LogP contribution < -0.4 is 0 Å². The summed E-state index contributed by atoms with van der Waals surface area (Å²) >= 11 is 0. The molecule has 0 radical (unpaired) electrons. The van der Waals surface area contributed by atoms with Gasteiger partial charge in [0.15, 0.2) is 0 Å². The maximum absolute atomic E-state index is 12.5. The standard InChI is InChI=1S/C19H24N4O/c24-19(17-4-2-1-3-5-17)22-10-8-15(9-11-22)12-18-21-20-14-23(18)13-16-6-7-16/h1-5,14-16H,6-13H2. The van der Waals surface area contributed by atoms with E-state index in [2.05, 4.69) is 14.8 Å². The summed E-state index contributed by atoms with van der Waals surface area (Å²) in [7, 11) is 0. The second kappa shape index (κ2) is 6.75. The van der Waals surface area contributed by atoms with E-state index in [1.54, 1.807) is 0 Å². The van der Waals surface area contributed by atoms with Gasteiger partial charge < -0.3 is 9.47 Å². The third kappa shape index (κ3) is 3.50. The highest BCUT2D eigenvalue weighted by Gasteiger charge is 2.26. The number of piperidine rings is 1. The van der Waals surface area contributed by atoms with E-state index in [9.17, 15) is 4.79 Å². The number of nitrogens with zero attached hydrogens (tertiary/aromatic N) is 4. The third-order valence-electron chi connectivity index (χ3n) is 5.24.